The second-order valence-corrected chi connectivity index (χ2v) is 23.2. The van der Waals surface area contributed by atoms with E-state index in [1.165, 1.54) is 14.1 Å². The third kappa shape index (κ3) is 13.2. The highest BCUT2D eigenvalue weighted by atomic mass is 32.2. The van der Waals surface area contributed by atoms with Crippen LogP contribution in [0.2, 0.25) is 0 Å². The third-order valence-corrected chi connectivity index (χ3v) is 15.7. The SMILES string of the molecule is Cn1cc(NC(=O)c2cc(NC(=O)Nc3cc(C(=O)Nc4cc(C(=O)Nc5ccc6c(S(=O)(=O)[O-])cccc6c5S(=O)(=O)[O-])n(C)c4)cc(C(F)(F)F)c3)cc(C(F)(F)F)c2)cc1C(=O)Nc1ccc2c(S(=O)(=O)[O-])cccc2c1S(=O)(=O)[O-]. The molecule has 0 aliphatic heterocycles. The summed E-state index contributed by atoms with van der Waals surface area (Å²) >= 11 is 0. The highest BCUT2D eigenvalue weighted by molar-refractivity contribution is 7.87. The maximum atomic E-state index is 14.2. The van der Waals surface area contributed by atoms with E-state index in [9.17, 15) is 102 Å². The van der Waals surface area contributed by atoms with Gasteiger partial charge in [0, 0.05) is 70.5 Å². The number of hydrogen-bond donors (Lipinski definition) is 6. The van der Waals surface area contributed by atoms with Gasteiger partial charge in [0.15, 0.2) is 0 Å². The molecule has 8 rings (SSSR count). The molecule has 0 saturated heterocycles. The third-order valence-electron chi connectivity index (χ3n) is 12.0. The Kier molecular flexibility index (Phi) is 15.8. The zero-order valence-corrected chi connectivity index (χ0v) is 45.0. The number of amides is 6. The molecule has 0 saturated carbocycles. The highest BCUT2D eigenvalue weighted by Crippen LogP contribution is 2.38. The first kappa shape index (κ1) is 60.9. The lowest BCUT2D eigenvalue weighted by molar-refractivity contribution is -0.138. The summed E-state index contributed by atoms with van der Waals surface area (Å²) in [6.07, 6.45) is -8.29. The molecule has 0 radical (unpaired) electrons. The molecule has 84 heavy (non-hydrogen) atoms. The van der Waals surface area contributed by atoms with Gasteiger partial charge >= 0.3 is 18.4 Å². The van der Waals surface area contributed by atoms with Crippen molar-refractivity contribution < 1.29 is 102 Å². The van der Waals surface area contributed by atoms with E-state index in [2.05, 4.69) is 21.3 Å². The number of halogens is 6. The number of nitrogens with zero attached hydrogens (tertiary/aromatic N) is 2. The van der Waals surface area contributed by atoms with Crippen molar-refractivity contribution >= 4 is 126 Å². The van der Waals surface area contributed by atoms with Crippen LogP contribution in [0.4, 0.5) is 65.3 Å². The number of carbonyl (C=O) groups excluding carboxylic acids is 5. The molecule has 2 heterocycles. The number of aromatic nitrogens is 2. The number of anilines is 6. The molecule has 35 heteroatoms. The molecular weight excluding hydrogens is 1210 g/mol. The van der Waals surface area contributed by atoms with Gasteiger partial charge in [0.05, 0.1) is 53.5 Å². The van der Waals surface area contributed by atoms with E-state index in [1.54, 1.807) is 0 Å². The first-order valence-electron chi connectivity index (χ1n) is 22.8. The number of fused-ring (bicyclic) bond motifs is 2. The maximum absolute atomic E-state index is 14.2. The predicted octanol–water partition coefficient (Wildman–Crippen LogP) is 6.98. The largest absolute Gasteiger partial charge is 0.744 e. The summed E-state index contributed by atoms with van der Waals surface area (Å²) in [5.41, 5.74) is -8.91. The van der Waals surface area contributed by atoms with E-state index in [0.717, 1.165) is 94.3 Å². The van der Waals surface area contributed by atoms with Crippen LogP contribution in [-0.2, 0) is 66.9 Å². The van der Waals surface area contributed by atoms with E-state index in [0.29, 0.717) is 36.4 Å². The lowest BCUT2D eigenvalue weighted by Gasteiger charge is -2.19. The predicted molar refractivity (Wildman–Crippen MR) is 278 cm³/mol. The van der Waals surface area contributed by atoms with Gasteiger partial charge in [-0.2, -0.15) is 26.3 Å². The molecule has 6 amide bonds. The number of urea groups is 1. The summed E-state index contributed by atoms with van der Waals surface area (Å²) in [4.78, 5) is 63.2. The highest BCUT2D eigenvalue weighted by Gasteiger charge is 2.34. The van der Waals surface area contributed by atoms with Crippen LogP contribution in [0.25, 0.3) is 21.5 Å². The number of benzene rings is 6. The monoisotopic (exact) mass is 1250 g/mol. The average Bonchev–Trinajstić information content (AvgIpc) is 1.26. The van der Waals surface area contributed by atoms with Crippen molar-refractivity contribution in [3.63, 3.8) is 0 Å². The van der Waals surface area contributed by atoms with Crippen molar-refractivity contribution in [3.8, 4) is 0 Å². The number of carbonyl (C=O) groups is 5. The molecule has 0 spiro atoms. The molecule has 0 aliphatic carbocycles. The zero-order chi connectivity index (χ0) is 62.0. The average molecular weight is 1250 g/mol. The van der Waals surface area contributed by atoms with Crippen LogP contribution < -0.4 is 31.9 Å². The van der Waals surface area contributed by atoms with E-state index in [1.807, 2.05) is 10.6 Å². The molecule has 0 aliphatic rings. The fourth-order valence-corrected chi connectivity index (χ4v) is 11.6. The van der Waals surface area contributed by atoms with Gasteiger partial charge in [-0.05, 0) is 72.8 Å². The number of rotatable bonds is 14. The van der Waals surface area contributed by atoms with E-state index in [-0.39, 0.29) is 22.8 Å². The molecule has 0 atom stereocenters. The second kappa shape index (κ2) is 21.8. The Bertz CT molecular complexity index is 4340. The summed E-state index contributed by atoms with van der Waals surface area (Å²) in [6.45, 7) is 0. The van der Waals surface area contributed by atoms with Crippen LogP contribution in [0.5, 0.6) is 0 Å². The minimum absolute atomic E-state index is 0.284. The summed E-state index contributed by atoms with van der Waals surface area (Å²) in [7, 11) is -19.0. The Morgan fingerprint density at radius 1 is 0.405 bits per heavy atom. The van der Waals surface area contributed by atoms with Crippen LogP contribution in [0.3, 0.4) is 0 Å². The van der Waals surface area contributed by atoms with E-state index in [4.69, 9.17) is 0 Å². The lowest BCUT2D eigenvalue weighted by Crippen LogP contribution is -2.22. The topological polar surface area (TPSA) is 396 Å². The number of nitrogens with one attached hydrogen (secondary N) is 6. The van der Waals surface area contributed by atoms with Gasteiger partial charge in [-0.15, -0.1) is 0 Å². The normalized spacial score (nSPS) is 12.4. The van der Waals surface area contributed by atoms with Crippen LogP contribution in [0.1, 0.15) is 52.8 Å². The molecule has 8 aromatic rings. The smallest absolute Gasteiger partial charge is 0.416 e. The van der Waals surface area contributed by atoms with Gasteiger partial charge in [0.2, 0.25) is 0 Å². The van der Waals surface area contributed by atoms with Crippen LogP contribution in [0.15, 0.2) is 141 Å². The molecule has 0 unspecified atom stereocenters. The Morgan fingerprint density at radius 2 is 0.762 bits per heavy atom. The number of alkyl halides is 6. The van der Waals surface area contributed by atoms with Crippen molar-refractivity contribution in [1.29, 1.82) is 0 Å². The molecule has 440 valence electrons. The van der Waals surface area contributed by atoms with Crippen molar-refractivity contribution in [2.75, 3.05) is 31.9 Å². The van der Waals surface area contributed by atoms with Crippen molar-refractivity contribution in [3.05, 3.63) is 155 Å². The molecule has 6 aromatic carbocycles. The standard InChI is InChI=1S/C49H36F6N8O17S4/c1-62-21-29(19-37(62)45(66)60-35-11-9-31-33(41(35)83(75,76)77)5-3-7-39(31)81(69,70)71)56-43(64)23-13-25(48(50,51)52)17-27(15-23)58-47(68)59-28-16-24(14-26(18-28)49(53,54)55)44(65)57-30-20-38(63(2)22-30)46(67)61-36-12-10-32-34(42(36)84(78,79)80)6-4-8-40(32)82(72,73)74/h3-22H,1-2H3,(H,56,64)(H,57,65)(H,60,66)(H,61,67)(H2,58,59,68)(H,69,70,71)(H,72,73,74)(H,75,76,77)(H,78,79,80)/p-4. The van der Waals surface area contributed by atoms with Crippen molar-refractivity contribution in [2.45, 2.75) is 31.9 Å². The Morgan fingerprint density at radius 3 is 1.08 bits per heavy atom. The zero-order valence-electron chi connectivity index (χ0n) is 41.8. The van der Waals surface area contributed by atoms with Crippen molar-refractivity contribution in [2.24, 2.45) is 14.1 Å². The number of hydrogen-bond acceptors (Lipinski definition) is 17. The minimum Gasteiger partial charge on any atom is -0.744 e. The summed E-state index contributed by atoms with van der Waals surface area (Å²) < 4.78 is 233. The Hall–Kier alpha value is -9.23. The van der Waals surface area contributed by atoms with Gasteiger partial charge in [0.25, 0.3) is 23.6 Å². The fraction of sp³-hybridized carbons (Fsp3) is 0.0816. The van der Waals surface area contributed by atoms with Gasteiger partial charge < -0.3 is 59.2 Å². The molecule has 25 nitrogen and oxygen atoms in total. The van der Waals surface area contributed by atoms with Crippen LogP contribution in [0, 0.1) is 0 Å². The summed E-state index contributed by atoms with van der Waals surface area (Å²) in [5, 5.41) is 10.7. The first-order chi connectivity index (χ1) is 38.8. The quantitative estimate of drug-likeness (QED) is 0.0472. The maximum Gasteiger partial charge on any atom is 0.416 e. The van der Waals surface area contributed by atoms with Crippen molar-refractivity contribution in [1.82, 2.24) is 9.13 Å². The minimum atomic E-state index is -5.52. The molecular formula is C49H32F6N8O17S4-4. The van der Waals surface area contributed by atoms with Crippen LogP contribution >= 0.6 is 0 Å². The van der Waals surface area contributed by atoms with Crippen LogP contribution in [-0.4, -0.2) is 90.7 Å². The molecule has 0 bridgehead atoms. The van der Waals surface area contributed by atoms with E-state index >= 15 is 0 Å². The summed E-state index contributed by atoms with van der Waals surface area (Å²) in [5.74, 6) is -4.94. The Labute approximate surface area is 468 Å². The van der Waals surface area contributed by atoms with Gasteiger partial charge in [-0.3, -0.25) is 19.2 Å². The second-order valence-electron chi connectivity index (χ2n) is 17.8. The molecule has 0 fully saturated rings. The fourth-order valence-electron chi connectivity index (χ4n) is 8.55. The number of aryl methyl sites for hydroxylation is 2. The Balaban J connectivity index is 0.987. The van der Waals surface area contributed by atoms with Gasteiger partial charge in [-0.1, -0.05) is 36.4 Å². The van der Waals surface area contributed by atoms with Gasteiger partial charge in [-0.25, -0.2) is 38.5 Å². The van der Waals surface area contributed by atoms with Gasteiger partial charge in [0.1, 0.15) is 51.9 Å². The summed E-state index contributed by atoms with van der Waals surface area (Å²) in [6, 6.07) is 12.4. The first-order valence-corrected chi connectivity index (χ1v) is 28.5. The molecule has 2 aromatic heterocycles. The van der Waals surface area contributed by atoms with E-state index < -0.39 is 169 Å². The molecule has 6 N–H and O–H groups in total. The lowest BCUT2D eigenvalue weighted by atomic mass is 10.1.